The third kappa shape index (κ3) is 3.70. The molecule has 0 amide bonds. The first kappa shape index (κ1) is 15.7. The summed E-state index contributed by atoms with van der Waals surface area (Å²) < 4.78 is 16.1. The predicted molar refractivity (Wildman–Crippen MR) is 87.9 cm³/mol. The lowest BCUT2D eigenvalue weighted by Crippen LogP contribution is -2.01. The van der Waals surface area contributed by atoms with E-state index in [-0.39, 0.29) is 4.83 Å². The SMILES string of the molecule is COc1ccc(OC)c(C(Br)Cc2ccccc2OC)c1. The predicted octanol–water partition coefficient (Wildman–Crippen LogP) is 4.39. The number of alkyl halides is 1. The Kier molecular flexibility index (Phi) is 5.51. The van der Waals surface area contributed by atoms with Gasteiger partial charge in [-0.15, -0.1) is 0 Å². The topological polar surface area (TPSA) is 27.7 Å². The van der Waals surface area contributed by atoms with E-state index in [1.807, 2.05) is 36.4 Å². The molecule has 0 aromatic heterocycles. The fourth-order valence-electron chi connectivity index (χ4n) is 2.26. The average molecular weight is 351 g/mol. The number of ether oxygens (including phenoxy) is 3. The average Bonchev–Trinajstić information content (AvgIpc) is 2.54. The molecule has 0 saturated heterocycles. The summed E-state index contributed by atoms with van der Waals surface area (Å²) in [4.78, 5) is 0.110. The Morgan fingerprint density at radius 1 is 0.905 bits per heavy atom. The molecule has 21 heavy (non-hydrogen) atoms. The van der Waals surface area contributed by atoms with Gasteiger partial charge in [0.25, 0.3) is 0 Å². The summed E-state index contributed by atoms with van der Waals surface area (Å²) in [7, 11) is 5.03. The number of halogens is 1. The lowest BCUT2D eigenvalue weighted by molar-refractivity contribution is 0.397. The van der Waals surface area contributed by atoms with E-state index in [4.69, 9.17) is 14.2 Å². The molecule has 2 aromatic rings. The molecule has 0 bridgehead atoms. The van der Waals surface area contributed by atoms with Crippen LogP contribution < -0.4 is 14.2 Å². The van der Waals surface area contributed by atoms with Crippen molar-refractivity contribution in [2.24, 2.45) is 0 Å². The zero-order chi connectivity index (χ0) is 15.2. The Hall–Kier alpha value is -1.68. The van der Waals surface area contributed by atoms with E-state index >= 15 is 0 Å². The van der Waals surface area contributed by atoms with Gasteiger partial charge in [-0.25, -0.2) is 0 Å². The summed E-state index contributed by atoms with van der Waals surface area (Å²) in [5.41, 5.74) is 2.20. The first-order chi connectivity index (χ1) is 10.2. The summed E-state index contributed by atoms with van der Waals surface area (Å²) >= 11 is 3.75. The highest BCUT2D eigenvalue weighted by Crippen LogP contribution is 2.37. The number of hydrogen-bond donors (Lipinski definition) is 0. The first-order valence-electron chi connectivity index (χ1n) is 6.67. The zero-order valence-corrected chi connectivity index (χ0v) is 14.0. The zero-order valence-electron chi connectivity index (χ0n) is 12.4. The fourth-order valence-corrected chi connectivity index (χ4v) is 2.97. The highest BCUT2D eigenvalue weighted by atomic mass is 79.9. The summed E-state index contributed by atoms with van der Waals surface area (Å²) in [6, 6.07) is 13.8. The lowest BCUT2D eigenvalue weighted by atomic mass is 10.0. The van der Waals surface area contributed by atoms with E-state index in [2.05, 4.69) is 22.0 Å². The van der Waals surface area contributed by atoms with Gasteiger partial charge in [0.05, 0.1) is 21.3 Å². The summed E-state index contributed by atoms with van der Waals surface area (Å²) in [6.45, 7) is 0. The third-order valence-corrected chi connectivity index (χ3v) is 4.18. The molecule has 2 aromatic carbocycles. The van der Waals surface area contributed by atoms with Gasteiger partial charge in [-0.1, -0.05) is 34.1 Å². The van der Waals surface area contributed by atoms with Crippen LogP contribution in [0.5, 0.6) is 17.2 Å². The largest absolute Gasteiger partial charge is 0.497 e. The molecule has 0 saturated carbocycles. The standard InChI is InChI=1S/C17H19BrO3/c1-19-13-8-9-17(21-3)14(11-13)15(18)10-12-6-4-5-7-16(12)20-2/h4-9,11,15H,10H2,1-3H3. The maximum Gasteiger partial charge on any atom is 0.123 e. The summed E-state index contributed by atoms with van der Waals surface area (Å²) in [5.74, 6) is 2.55. The fraction of sp³-hybridized carbons (Fsp3) is 0.294. The van der Waals surface area contributed by atoms with Crippen molar-refractivity contribution in [3.8, 4) is 17.2 Å². The lowest BCUT2D eigenvalue weighted by Gasteiger charge is -2.17. The van der Waals surface area contributed by atoms with Gasteiger partial charge >= 0.3 is 0 Å². The van der Waals surface area contributed by atoms with Crippen molar-refractivity contribution in [2.75, 3.05) is 21.3 Å². The van der Waals surface area contributed by atoms with Crippen LogP contribution in [0.25, 0.3) is 0 Å². The summed E-state index contributed by atoms with van der Waals surface area (Å²) in [6.07, 6.45) is 0.799. The van der Waals surface area contributed by atoms with Crippen molar-refractivity contribution in [1.29, 1.82) is 0 Å². The van der Waals surface area contributed by atoms with Crippen molar-refractivity contribution >= 4 is 15.9 Å². The Balaban J connectivity index is 2.29. The molecule has 0 spiro atoms. The van der Waals surface area contributed by atoms with E-state index in [0.717, 1.165) is 34.8 Å². The van der Waals surface area contributed by atoms with Crippen molar-refractivity contribution in [3.63, 3.8) is 0 Å². The van der Waals surface area contributed by atoms with Gasteiger partial charge in [0.2, 0.25) is 0 Å². The van der Waals surface area contributed by atoms with Gasteiger partial charge in [-0.05, 0) is 36.2 Å². The molecule has 0 heterocycles. The van der Waals surface area contributed by atoms with E-state index in [1.165, 1.54) is 0 Å². The molecule has 0 N–H and O–H groups in total. The normalized spacial score (nSPS) is 11.8. The molecular formula is C17H19BrO3. The van der Waals surface area contributed by atoms with Crippen LogP contribution in [0.1, 0.15) is 16.0 Å². The molecule has 0 fully saturated rings. The second-order valence-electron chi connectivity index (χ2n) is 4.59. The van der Waals surface area contributed by atoms with Crippen LogP contribution >= 0.6 is 15.9 Å². The van der Waals surface area contributed by atoms with E-state index in [1.54, 1.807) is 21.3 Å². The minimum absolute atomic E-state index is 0.110. The monoisotopic (exact) mass is 350 g/mol. The van der Waals surface area contributed by atoms with Crippen molar-refractivity contribution in [3.05, 3.63) is 53.6 Å². The van der Waals surface area contributed by atoms with E-state index in [9.17, 15) is 0 Å². The highest BCUT2D eigenvalue weighted by molar-refractivity contribution is 9.09. The second kappa shape index (κ2) is 7.36. The second-order valence-corrected chi connectivity index (χ2v) is 5.70. The van der Waals surface area contributed by atoms with Crippen molar-refractivity contribution in [1.82, 2.24) is 0 Å². The Morgan fingerprint density at radius 2 is 1.62 bits per heavy atom. The number of benzene rings is 2. The van der Waals surface area contributed by atoms with Gasteiger partial charge in [-0.3, -0.25) is 0 Å². The van der Waals surface area contributed by atoms with Crippen molar-refractivity contribution < 1.29 is 14.2 Å². The Bertz CT molecular complexity index is 598. The maximum atomic E-state index is 5.44. The van der Waals surface area contributed by atoms with Crippen LogP contribution in [0, 0.1) is 0 Å². The van der Waals surface area contributed by atoms with E-state index < -0.39 is 0 Å². The van der Waals surface area contributed by atoms with Crippen LogP contribution in [0.2, 0.25) is 0 Å². The van der Waals surface area contributed by atoms with Gasteiger partial charge < -0.3 is 14.2 Å². The molecule has 112 valence electrons. The van der Waals surface area contributed by atoms with Crippen LogP contribution in [0.4, 0.5) is 0 Å². The number of hydrogen-bond acceptors (Lipinski definition) is 3. The molecule has 0 radical (unpaired) electrons. The molecule has 1 atom stereocenters. The Morgan fingerprint density at radius 3 is 2.29 bits per heavy atom. The number of para-hydroxylation sites is 1. The summed E-state index contributed by atoms with van der Waals surface area (Å²) in [5, 5.41) is 0. The molecule has 0 aliphatic rings. The van der Waals surface area contributed by atoms with Crippen LogP contribution in [-0.2, 0) is 6.42 Å². The molecule has 2 rings (SSSR count). The van der Waals surface area contributed by atoms with Gasteiger partial charge in [-0.2, -0.15) is 0 Å². The van der Waals surface area contributed by atoms with Crippen LogP contribution in [-0.4, -0.2) is 21.3 Å². The molecule has 0 aliphatic heterocycles. The Labute approximate surface area is 134 Å². The number of rotatable bonds is 6. The minimum Gasteiger partial charge on any atom is -0.497 e. The minimum atomic E-state index is 0.110. The van der Waals surface area contributed by atoms with E-state index in [0.29, 0.717) is 0 Å². The van der Waals surface area contributed by atoms with Gasteiger partial charge in [0.1, 0.15) is 17.2 Å². The third-order valence-electron chi connectivity index (χ3n) is 3.37. The quantitative estimate of drug-likeness (QED) is 0.723. The smallest absolute Gasteiger partial charge is 0.123 e. The van der Waals surface area contributed by atoms with Crippen LogP contribution in [0.3, 0.4) is 0 Å². The first-order valence-corrected chi connectivity index (χ1v) is 7.59. The highest BCUT2D eigenvalue weighted by Gasteiger charge is 2.16. The molecule has 4 heteroatoms. The molecule has 3 nitrogen and oxygen atoms in total. The molecule has 1 unspecified atom stereocenters. The van der Waals surface area contributed by atoms with Crippen LogP contribution in [0.15, 0.2) is 42.5 Å². The molecular weight excluding hydrogens is 332 g/mol. The maximum absolute atomic E-state index is 5.44. The number of methoxy groups -OCH3 is 3. The molecule has 0 aliphatic carbocycles. The van der Waals surface area contributed by atoms with Gasteiger partial charge in [0.15, 0.2) is 0 Å². The van der Waals surface area contributed by atoms with Crippen molar-refractivity contribution in [2.45, 2.75) is 11.2 Å². The van der Waals surface area contributed by atoms with Gasteiger partial charge in [0, 0.05) is 10.4 Å².